The van der Waals surface area contributed by atoms with Crippen LogP contribution in [0.15, 0.2) is 0 Å². The second-order valence-electron chi connectivity index (χ2n) is 15.8. The Kier molecular flexibility index (Phi) is 38.4. The number of hydrogen-bond acceptors (Lipinski definition) is 6. The molecule has 0 saturated carbocycles. The van der Waals surface area contributed by atoms with E-state index in [9.17, 15) is 14.4 Å². The van der Waals surface area contributed by atoms with Crippen LogP contribution in [0.25, 0.3) is 0 Å². The zero-order valence-corrected chi connectivity index (χ0v) is 34.6. The van der Waals surface area contributed by atoms with Crippen LogP contribution in [0.1, 0.15) is 246 Å². The van der Waals surface area contributed by atoms with E-state index in [4.69, 9.17) is 14.2 Å². The lowest BCUT2D eigenvalue weighted by molar-refractivity contribution is -0.167. The second-order valence-corrected chi connectivity index (χ2v) is 15.8. The van der Waals surface area contributed by atoms with Crippen LogP contribution in [-0.4, -0.2) is 37.2 Å². The largest absolute Gasteiger partial charge is 0.462 e. The summed E-state index contributed by atoms with van der Waals surface area (Å²) in [5.74, 6) is -0.0868. The zero-order chi connectivity index (χ0) is 37.5. The minimum atomic E-state index is -0.758. The summed E-state index contributed by atoms with van der Waals surface area (Å²) in [4.78, 5) is 37.5. The summed E-state index contributed by atoms with van der Waals surface area (Å²) < 4.78 is 16.6. The minimum absolute atomic E-state index is 0.0650. The van der Waals surface area contributed by atoms with Gasteiger partial charge < -0.3 is 14.2 Å². The third-order valence-electron chi connectivity index (χ3n) is 10.0. The third kappa shape index (κ3) is 39.5. The first-order valence-electron chi connectivity index (χ1n) is 22.4. The number of ether oxygens (including phenoxy) is 3. The summed E-state index contributed by atoms with van der Waals surface area (Å²) >= 11 is 0. The van der Waals surface area contributed by atoms with Crippen LogP contribution in [0.4, 0.5) is 0 Å². The van der Waals surface area contributed by atoms with Gasteiger partial charge in [0.15, 0.2) is 6.10 Å². The lowest BCUT2D eigenvalue weighted by atomic mass is 10.0. The molecule has 0 aromatic carbocycles. The van der Waals surface area contributed by atoms with Gasteiger partial charge in [0.05, 0.1) is 0 Å². The summed E-state index contributed by atoms with van der Waals surface area (Å²) in [6.07, 6.45) is 38.2. The minimum Gasteiger partial charge on any atom is -0.462 e. The Morgan fingerprint density at radius 2 is 0.647 bits per heavy atom. The molecule has 1 atom stereocenters. The quantitative estimate of drug-likeness (QED) is 0.0356. The SMILES string of the molecule is CCCCCCCCCCCCCCCCCCC(=O)OC[C@H](COC(=O)CCCCCCCCC)OC(=O)CCCCCCCCCC(C)C. The first-order chi connectivity index (χ1) is 24.9. The molecule has 0 radical (unpaired) electrons. The number of carbonyl (C=O) groups excluding carboxylic acids is 3. The topological polar surface area (TPSA) is 78.9 Å². The third-order valence-corrected chi connectivity index (χ3v) is 10.0. The zero-order valence-electron chi connectivity index (χ0n) is 34.6. The highest BCUT2D eigenvalue weighted by molar-refractivity contribution is 5.71. The van der Waals surface area contributed by atoms with Gasteiger partial charge in [-0.1, -0.05) is 207 Å². The second kappa shape index (κ2) is 39.6. The van der Waals surface area contributed by atoms with Gasteiger partial charge in [0, 0.05) is 19.3 Å². The molecule has 0 N–H and O–H groups in total. The van der Waals surface area contributed by atoms with Crippen LogP contribution in [-0.2, 0) is 28.6 Å². The van der Waals surface area contributed by atoms with Gasteiger partial charge in [-0.3, -0.25) is 14.4 Å². The Balaban J connectivity index is 4.22. The maximum Gasteiger partial charge on any atom is 0.306 e. The van der Waals surface area contributed by atoms with Crippen LogP contribution in [0, 0.1) is 5.92 Å². The smallest absolute Gasteiger partial charge is 0.306 e. The number of carbonyl (C=O) groups is 3. The molecule has 0 unspecified atom stereocenters. The fraction of sp³-hybridized carbons (Fsp3) is 0.933. The molecule has 302 valence electrons. The van der Waals surface area contributed by atoms with Crippen molar-refractivity contribution in [3.05, 3.63) is 0 Å². The van der Waals surface area contributed by atoms with E-state index in [1.54, 1.807) is 0 Å². The van der Waals surface area contributed by atoms with Gasteiger partial charge >= 0.3 is 17.9 Å². The van der Waals surface area contributed by atoms with E-state index in [0.717, 1.165) is 63.7 Å². The van der Waals surface area contributed by atoms with Crippen molar-refractivity contribution in [1.82, 2.24) is 0 Å². The van der Waals surface area contributed by atoms with Gasteiger partial charge in [0.25, 0.3) is 0 Å². The van der Waals surface area contributed by atoms with E-state index < -0.39 is 6.10 Å². The monoisotopic (exact) mass is 723 g/mol. The van der Waals surface area contributed by atoms with Crippen molar-refractivity contribution in [3.8, 4) is 0 Å². The summed E-state index contributed by atoms with van der Waals surface area (Å²) in [5.41, 5.74) is 0. The van der Waals surface area contributed by atoms with Crippen molar-refractivity contribution in [1.29, 1.82) is 0 Å². The van der Waals surface area contributed by atoms with Crippen LogP contribution in [0.5, 0.6) is 0 Å². The summed E-state index contributed by atoms with van der Waals surface area (Å²) in [6, 6.07) is 0. The molecule has 0 aliphatic rings. The van der Waals surface area contributed by atoms with Crippen LogP contribution in [0.3, 0.4) is 0 Å². The van der Waals surface area contributed by atoms with Crippen molar-refractivity contribution in [2.24, 2.45) is 5.92 Å². The molecule has 0 aromatic rings. The van der Waals surface area contributed by atoms with Crippen LogP contribution < -0.4 is 0 Å². The van der Waals surface area contributed by atoms with Gasteiger partial charge in [-0.2, -0.15) is 0 Å². The van der Waals surface area contributed by atoms with Gasteiger partial charge in [-0.15, -0.1) is 0 Å². The summed E-state index contributed by atoms with van der Waals surface area (Å²) in [6.45, 7) is 8.90. The van der Waals surface area contributed by atoms with E-state index >= 15 is 0 Å². The number of esters is 3. The molecule has 6 heteroatoms. The van der Waals surface area contributed by atoms with Crippen molar-refractivity contribution in [2.75, 3.05) is 13.2 Å². The Bertz CT molecular complexity index is 766. The molecule has 0 bridgehead atoms. The molecular formula is C45H86O6. The highest BCUT2D eigenvalue weighted by Crippen LogP contribution is 2.16. The van der Waals surface area contributed by atoms with Crippen molar-refractivity contribution < 1.29 is 28.6 Å². The molecule has 0 rings (SSSR count). The number of rotatable bonds is 40. The Morgan fingerprint density at radius 1 is 0.373 bits per heavy atom. The lowest BCUT2D eigenvalue weighted by Crippen LogP contribution is -2.30. The Labute approximate surface area is 317 Å². The number of hydrogen-bond donors (Lipinski definition) is 0. The molecule has 0 aliphatic heterocycles. The molecule has 6 nitrogen and oxygen atoms in total. The van der Waals surface area contributed by atoms with E-state index in [-0.39, 0.29) is 31.1 Å². The van der Waals surface area contributed by atoms with Gasteiger partial charge in [-0.05, 0) is 25.2 Å². The van der Waals surface area contributed by atoms with E-state index in [1.165, 1.54) is 141 Å². The normalized spacial score (nSPS) is 11.9. The highest BCUT2D eigenvalue weighted by Gasteiger charge is 2.19. The molecule has 0 heterocycles. The maximum atomic E-state index is 12.6. The average Bonchev–Trinajstić information content (AvgIpc) is 3.11. The van der Waals surface area contributed by atoms with Gasteiger partial charge in [0.1, 0.15) is 13.2 Å². The molecular weight excluding hydrogens is 636 g/mol. The van der Waals surface area contributed by atoms with E-state index in [2.05, 4.69) is 27.7 Å². The van der Waals surface area contributed by atoms with Crippen LogP contribution in [0.2, 0.25) is 0 Å². The maximum absolute atomic E-state index is 12.6. The van der Waals surface area contributed by atoms with Crippen molar-refractivity contribution in [3.63, 3.8) is 0 Å². The molecule has 0 aromatic heterocycles. The predicted octanol–water partition coefficient (Wildman–Crippen LogP) is 13.9. The molecule has 0 saturated heterocycles. The summed E-state index contributed by atoms with van der Waals surface area (Å²) in [5, 5.41) is 0. The van der Waals surface area contributed by atoms with E-state index in [0.29, 0.717) is 19.3 Å². The van der Waals surface area contributed by atoms with Gasteiger partial charge in [0.2, 0.25) is 0 Å². The lowest BCUT2D eigenvalue weighted by Gasteiger charge is -2.18. The standard InChI is InChI=1S/C45H86O6/c1-5-7-9-11-13-14-15-16-17-18-19-20-21-25-29-33-37-44(47)50-40-42(39-49-43(46)36-32-28-23-12-10-8-6-2)51-45(48)38-34-30-26-22-24-27-31-35-41(3)4/h41-42H,5-40H2,1-4H3/t42-/m0/s1. The van der Waals surface area contributed by atoms with Gasteiger partial charge in [-0.25, -0.2) is 0 Å². The fourth-order valence-corrected chi connectivity index (χ4v) is 6.63. The van der Waals surface area contributed by atoms with Crippen molar-refractivity contribution >= 4 is 17.9 Å². The fourth-order valence-electron chi connectivity index (χ4n) is 6.63. The first-order valence-corrected chi connectivity index (χ1v) is 22.4. The Morgan fingerprint density at radius 3 is 0.961 bits per heavy atom. The number of unbranched alkanes of at least 4 members (excludes halogenated alkanes) is 27. The average molecular weight is 723 g/mol. The van der Waals surface area contributed by atoms with E-state index in [1.807, 2.05) is 0 Å². The highest BCUT2D eigenvalue weighted by atomic mass is 16.6. The molecule has 0 spiro atoms. The van der Waals surface area contributed by atoms with Crippen molar-refractivity contribution in [2.45, 2.75) is 252 Å². The summed E-state index contributed by atoms with van der Waals surface area (Å²) in [7, 11) is 0. The first kappa shape index (κ1) is 49.4. The van der Waals surface area contributed by atoms with Crippen LogP contribution >= 0.6 is 0 Å². The molecule has 51 heavy (non-hydrogen) atoms. The Hall–Kier alpha value is -1.59. The molecule has 0 fully saturated rings. The molecule has 0 aliphatic carbocycles. The predicted molar refractivity (Wildman–Crippen MR) is 215 cm³/mol. The molecule has 0 amide bonds.